The van der Waals surface area contributed by atoms with Crippen LogP contribution in [0, 0.1) is 18.3 Å². The Morgan fingerprint density at radius 2 is 1.61 bits per heavy atom. The van der Waals surface area contributed by atoms with Crippen molar-refractivity contribution in [3.8, 4) is 11.1 Å². The first-order valence-corrected chi connectivity index (χ1v) is 24.0. The molecule has 0 unspecified atom stereocenters. The third kappa shape index (κ3) is 9.72. The molecule has 3 aromatic carbocycles. The van der Waals surface area contributed by atoms with Gasteiger partial charge in [-0.1, -0.05) is 69.2 Å². The van der Waals surface area contributed by atoms with E-state index in [1.807, 2.05) is 75.9 Å². The minimum absolute atomic E-state index is 0.0857. The van der Waals surface area contributed by atoms with Gasteiger partial charge in [0.15, 0.2) is 0 Å². The molecule has 350 valence electrons. The van der Waals surface area contributed by atoms with Crippen molar-refractivity contribution in [2.24, 2.45) is 5.92 Å². The fraction of sp³-hybridized carbons (Fsp3) is 0.453. The number of aromatic nitrogens is 3. The van der Waals surface area contributed by atoms with Gasteiger partial charge in [-0.05, 0) is 135 Å². The molecule has 9 rings (SSSR count). The molecule has 4 aliphatic rings. The molecule has 3 saturated heterocycles. The van der Waals surface area contributed by atoms with Crippen molar-refractivity contribution in [1.82, 2.24) is 30.2 Å². The highest BCUT2D eigenvalue weighted by molar-refractivity contribution is 6.14. The van der Waals surface area contributed by atoms with Crippen LogP contribution in [0.3, 0.4) is 0 Å². The fourth-order valence-corrected chi connectivity index (χ4v) is 10.2. The molecule has 4 N–H and O–H groups in total. The molecule has 3 aliphatic heterocycles. The highest BCUT2D eigenvalue weighted by Gasteiger charge is 2.40. The quantitative estimate of drug-likeness (QED) is 0.103. The standard InChI is InChI=1S/C53H64N10O4/c1-33-29-37(9-18-43(33)34(2)63(42-16-17-42)49(65)48-58-50(67-59-48)52(3,4)5)46(54)44-30-38(31-56-47(44)55)36-7-10-39(11-8-36)53(6)22-27-60(28-23-53)32-35-19-24-61(25-20-35)40-12-14-41(15-13-40)62-26-21-45(64)57-51(62)66/h7-15,18,29-31,34-35,42,54H,16-17,19-28,32H2,1-6H3,(H2,55,56)(H,57,64,66)/t34-/m1/s1. The maximum Gasteiger partial charge on any atom is 0.328 e. The lowest BCUT2D eigenvalue weighted by Gasteiger charge is -2.42. The van der Waals surface area contributed by atoms with Crippen LogP contribution in [0.2, 0.25) is 0 Å². The van der Waals surface area contributed by atoms with Crippen molar-refractivity contribution in [2.75, 3.05) is 54.8 Å². The zero-order valence-electron chi connectivity index (χ0n) is 39.8. The van der Waals surface area contributed by atoms with Crippen molar-refractivity contribution in [1.29, 1.82) is 5.41 Å². The molecule has 5 heterocycles. The molecule has 14 nitrogen and oxygen atoms in total. The smallest absolute Gasteiger partial charge is 0.328 e. The van der Waals surface area contributed by atoms with Gasteiger partial charge in [0, 0.05) is 78.3 Å². The van der Waals surface area contributed by atoms with Crippen molar-refractivity contribution in [3.05, 3.63) is 119 Å². The van der Waals surface area contributed by atoms with Gasteiger partial charge >= 0.3 is 6.03 Å². The number of imide groups is 1. The molecule has 14 heteroatoms. The predicted molar refractivity (Wildman–Crippen MR) is 262 cm³/mol. The topological polar surface area (TPSA) is 178 Å². The van der Waals surface area contributed by atoms with E-state index in [-0.39, 0.29) is 46.6 Å². The summed E-state index contributed by atoms with van der Waals surface area (Å²) >= 11 is 0. The number of likely N-dealkylation sites (tertiary alicyclic amines) is 1. The van der Waals surface area contributed by atoms with Crippen molar-refractivity contribution < 1.29 is 18.9 Å². The van der Waals surface area contributed by atoms with Crippen molar-refractivity contribution >= 4 is 40.7 Å². The number of piperidine rings is 2. The summed E-state index contributed by atoms with van der Waals surface area (Å²) in [6.45, 7) is 18.1. The highest BCUT2D eigenvalue weighted by Crippen LogP contribution is 2.39. The number of nitrogen functional groups attached to an aromatic ring is 1. The van der Waals surface area contributed by atoms with E-state index < -0.39 is 0 Å². The third-order valence-electron chi connectivity index (χ3n) is 14.6. The molecule has 67 heavy (non-hydrogen) atoms. The highest BCUT2D eigenvalue weighted by atomic mass is 16.5. The summed E-state index contributed by atoms with van der Waals surface area (Å²) < 4.78 is 5.46. The number of rotatable bonds is 12. The monoisotopic (exact) mass is 905 g/mol. The maximum absolute atomic E-state index is 13.8. The molecule has 4 amide bonds. The van der Waals surface area contributed by atoms with Crippen LogP contribution >= 0.6 is 0 Å². The Hall–Kier alpha value is -6.41. The first-order chi connectivity index (χ1) is 32.0. The number of amides is 4. The average molecular weight is 905 g/mol. The number of nitrogens with two attached hydrogens (primary N) is 1. The van der Waals surface area contributed by atoms with E-state index in [9.17, 15) is 19.8 Å². The zero-order valence-corrected chi connectivity index (χ0v) is 39.8. The van der Waals surface area contributed by atoms with Gasteiger partial charge in [0.2, 0.25) is 11.8 Å². The number of hydrogen-bond donors (Lipinski definition) is 3. The van der Waals surface area contributed by atoms with Crippen molar-refractivity contribution in [3.63, 3.8) is 0 Å². The number of urea groups is 1. The van der Waals surface area contributed by atoms with E-state index in [1.54, 1.807) is 11.1 Å². The second-order valence-electron chi connectivity index (χ2n) is 20.5. The molecule has 0 spiro atoms. The molecule has 1 aliphatic carbocycles. The molecular formula is C53H64N10O4. The van der Waals surface area contributed by atoms with Gasteiger partial charge in [0.05, 0.1) is 11.8 Å². The summed E-state index contributed by atoms with van der Waals surface area (Å²) in [6, 6.07) is 24.5. The van der Waals surface area contributed by atoms with E-state index in [0.29, 0.717) is 41.9 Å². The second kappa shape index (κ2) is 18.3. The van der Waals surface area contributed by atoms with E-state index in [2.05, 4.69) is 73.6 Å². The van der Waals surface area contributed by atoms with Gasteiger partial charge < -0.3 is 25.0 Å². The van der Waals surface area contributed by atoms with Crippen LogP contribution in [0.1, 0.15) is 130 Å². The van der Waals surface area contributed by atoms with Crippen LogP contribution in [0.15, 0.2) is 83.5 Å². The van der Waals surface area contributed by atoms with Crippen LogP contribution in [0.25, 0.3) is 11.1 Å². The number of pyridine rings is 1. The van der Waals surface area contributed by atoms with Gasteiger partial charge in [-0.15, -0.1) is 0 Å². The van der Waals surface area contributed by atoms with Gasteiger partial charge in [0.25, 0.3) is 11.7 Å². The molecular weight excluding hydrogens is 841 g/mol. The third-order valence-corrected chi connectivity index (χ3v) is 14.6. The van der Waals surface area contributed by atoms with Crippen LogP contribution in [0.4, 0.5) is 22.0 Å². The summed E-state index contributed by atoms with van der Waals surface area (Å²) in [5.74, 6) is 1.05. The van der Waals surface area contributed by atoms with Crippen molar-refractivity contribution in [2.45, 2.75) is 109 Å². The lowest BCUT2D eigenvalue weighted by atomic mass is 9.74. The minimum atomic E-state index is -0.358. The Kier molecular flexibility index (Phi) is 12.5. The van der Waals surface area contributed by atoms with Crippen LogP contribution < -0.4 is 20.9 Å². The average Bonchev–Trinajstić information content (AvgIpc) is 4.01. The first-order valence-electron chi connectivity index (χ1n) is 24.0. The van der Waals surface area contributed by atoms with E-state index in [0.717, 1.165) is 105 Å². The van der Waals surface area contributed by atoms with E-state index in [1.165, 1.54) is 11.3 Å². The molecule has 1 atom stereocenters. The number of anilines is 3. The maximum atomic E-state index is 13.8. The Morgan fingerprint density at radius 1 is 0.925 bits per heavy atom. The number of hydrogen-bond acceptors (Lipinski definition) is 11. The summed E-state index contributed by atoms with van der Waals surface area (Å²) in [5.41, 5.74) is 15.0. The number of nitrogens with one attached hydrogen (secondary N) is 2. The number of carbonyl (C=O) groups excluding carboxylic acids is 3. The number of carbonyl (C=O) groups is 3. The summed E-state index contributed by atoms with van der Waals surface area (Å²) in [4.78, 5) is 55.3. The normalized spacial score (nSPS) is 18.7. The SMILES string of the molecule is Cc1cc(C(=N)c2cc(-c3ccc(C4(C)CCN(CC5CCN(c6ccc(N7CCC(=O)NC7=O)cc6)CC5)CC4)cc3)cnc2N)ccc1[C@@H](C)N(C(=O)c1noc(C(C)(C)C)n1)C1CC1. The molecule has 1 saturated carbocycles. The minimum Gasteiger partial charge on any atom is -0.383 e. The number of nitrogens with zero attached hydrogens (tertiary/aromatic N) is 7. The van der Waals surface area contributed by atoms with Gasteiger partial charge in [-0.3, -0.25) is 25.2 Å². The summed E-state index contributed by atoms with van der Waals surface area (Å²) in [5, 5.41) is 15.7. The van der Waals surface area contributed by atoms with Gasteiger partial charge in [-0.25, -0.2) is 9.78 Å². The van der Waals surface area contributed by atoms with E-state index in [4.69, 9.17) is 10.3 Å². The lowest BCUT2D eigenvalue weighted by molar-refractivity contribution is -0.120. The zero-order chi connectivity index (χ0) is 47.2. The van der Waals surface area contributed by atoms with Gasteiger partial charge in [0.1, 0.15) is 5.82 Å². The molecule has 0 radical (unpaired) electrons. The molecule has 5 aromatic rings. The number of benzene rings is 3. The van der Waals surface area contributed by atoms with Crippen LogP contribution in [-0.2, 0) is 15.6 Å². The Morgan fingerprint density at radius 3 is 2.24 bits per heavy atom. The largest absolute Gasteiger partial charge is 0.383 e. The lowest BCUT2D eigenvalue weighted by Crippen LogP contribution is -2.49. The van der Waals surface area contributed by atoms with Crippen LogP contribution in [0.5, 0.6) is 0 Å². The predicted octanol–water partition coefficient (Wildman–Crippen LogP) is 8.82. The van der Waals surface area contributed by atoms with E-state index >= 15 is 0 Å². The number of aryl methyl sites for hydroxylation is 1. The Labute approximate surface area is 393 Å². The molecule has 4 fully saturated rings. The molecule has 0 bridgehead atoms. The van der Waals surface area contributed by atoms with Gasteiger partial charge in [-0.2, -0.15) is 4.98 Å². The summed E-state index contributed by atoms with van der Waals surface area (Å²) in [7, 11) is 0. The molecule has 2 aromatic heterocycles. The fourth-order valence-electron chi connectivity index (χ4n) is 10.2. The Balaban J connectivity index is 0.786. The summed E-state index contributed by atoms with van der Waals surface area (Å²) in [6.07, 6.45) is 8.51. The first kappa shape index (κ1) is 45.7. The Bertz CT molecular complexity index is 2650. The van der Waals surface area contributed by atoms with Crippen LogP contribution in [-0.4, -0.2) is 93.8 Å². The second-order valence-corrected chi connectivity index (χ2v) is 20.5.